The van der Waals surface area contributed by atoms with E-state index in [9.17, 15) is 4.79 Å². The number of aromatic nitrogens is 1. The van der Waals surface area contributed by atoms with Gasteiger partial charge in [-0.05, 0) is 116 Å². The third-order valence-corrected chi connectivity index (χ3v) is 10.6. The predicted octanol–water partition coefficient (Wildman–Crippen LogP) is 7.24. The van der Waals surface area contributed by atoms with Gasteiger partial charge in [0.15, 0.2) is 0 Å². The summed E-state index contributed by atoms with van der Waals surface area (Å²) < 4.78 is 0. The van der Waals surface area contributed by atoms with Gasteiger partial charge in [-0.3, -0.25) is 9.88 Å². The van der Waals surface area contributed by atoms with Gasteiger partial charge in [0.1, 0.15) is 6.04 Å². The van der Waals surface area contributed by atoms with Crippen LogP contribution in [0.25, 0.3) is 5.57 Å². The Bertz CT molecular complexity index is 1310. The average Bonchev–Trinajstić information content (AvgIpc) is 3.30. The zero-order valence-electron chi connectivity index (χ0n) is 23.8. The number of rotatable bonds is 5. The molecule has 5 nitrogen and oxygen atoms in total. The van der Waals surface area contributed by atoms with E-state index in [0.29, 0.717) is 11.8 Å². The fourth-order valence-corrected chi connectivity index (χ4v) is 8.61. The number of oxime groups is 1. The monoisotopic (exact) mass is 523 g/mol. The molecular formula is C34H41N3O2. The summed E-state index contributed by atoms with van der Waals surface area (Å²) in [4.78, 5) is 24.9. The molecule has 4 aliphatic carbocycles. The molecule has 1 heterocycles. The molecule has 1 unspecified atom stereocenters. The van der Waals surface area contributed by atoms with Gasteiger partial charge in [-0.1, -0.05) is 67.1 Å². The maximum absolute atomic E-state index is 13.0. The van der Waals surface area contributed by atoms with E-state index in [2.05, 4.69) is 48.3 Å². The minimum atomic E-state index is -0.472. The number of hydrogen-bond donors (Lipinski definition) is 0. The van der Waals surface area contributed by atoms with Gasteiger partial charge in [-0.15, -0.1) is 0 Å². The fourth-order valence-electron chi connectivity index (χ4n) is 8.61. The maximum atomic E-state index is 13.0. The number of nitrogens with zero attached hydrogens (tertiary/aromatic N) is 3. The standard InChI is InChI=1S/C34H41N3O2/c1-33-18-16-26(36-39-32(38)31(37(3)4)23-9-6-5-7-10-23)21-25(33)12-13-27-29-15-14-28(24-11-8-20-35-22-24)34(29,2)19-17-30(27)33/h5-11,14,20-22,27,29-31H,12-13,15-19H2,1-4H3/t27-,29+,30+,31?,33+,34-/m1/s1. The molecular weight excluding hydrogens is 482 g/mol. The van der Waals surface area contributed by atoms with Crippen LogP contribution < -0.4 is 0 Å². The molecule has 1 aromatic carbocycles. The summed E-state index contributed by atoms with van der Waals surface area (Å²) in [6, 6.07) is 13.6. The van der Waals surface area contributed by atoms with Crippen LogP contribution in [-0.4, -0.2) is 35.7 Å². The van der Waals surface area contributed by atoms with Crippen molar-refractivity contribution in [2.45, 2.75) is 64.8 Å². The number of hydrogen-bond acceptors (Lipinski definition) is 5. The number of fused-ring (bicyclic) bond motifs is 5. The van der Waals surface area contributed by atoms with E-state index in [1.54, 1.807) is 0 Å². The Hall–Kier alpha value is -3.05. The lowest BCUT2D eigenvalue weighted by Gasteiger charge is -2.58. The number of pyridine rings is 1. The number of carbonyl (C=O) groups excluding carboxylic acids is 1. The van der Waals surface area contributed by atoms with Gasteiger partial charge in [0.05, 0.1) is 5.71 Å². The molecule has 39 heavy (non-hydrogen) atoms. The Balaban J connectivity index is 1.18. The summed E-state index contributed by atoms with van der Waals surface area (Å²) in [5, 5.41) is 4.40. The molecule has 0 radical (unpaired) electrons. The lowest BCUT2D eigenvalue weighted by atomic mass is 9.46. The average molecular weight is 524 g/mol. The van der Waals surface area contributed by atoms with E-state index in [0.717, 1.165) is 36.5 Å². The molecule has 204 valence electrons. The normalized spacial score (nSPS) is 33.5. The Morgan fingerprint density at radius 2 is 1.85 bits per heavy atom. The first kappa shape index (κ1) is 26.2. The third-order valence-electron chi connectivity index (χ3n) is 10.6. The Labute approximate surface area is 233 Å². The zero-order chi connectivity index (χ0) is 27.2. The van der Waals surface area contributed by atoms with Crippen molar-refractivity contribution in [3.8, 4) is 0 Å². The second-order valence-corrected chi connectivity index (χ2v) is 12.8. The Morgan fingerprint density at radius 3 is 2.59 bits per heavy atom. The van der Waals surface area contributed by atoms with Crippen molar-refractivity contribution in [2.75, 3.05) is 14.1 Å². The van der Waals surface area contributed by atoms with Crippen molar-refractivity contribution in [1.82, 2.24) is 9.88 Å². The minimum absolute atomic E-state index is 0.209. The lowest BCUT2D eigenvalue weighted by Crippen LogP contribution is -2.49. The van der Waals surface area contributed by atoms with E-state index in [-0.39, 0.29) is 16.8 Å². The maximum Gasteiger partial charge on any atom is 0.356 e. The van der Waals surface area contributed by atoms with Gasteiger partial charge in [0.25, 0.3) is 0 Å². The van der Waals surface area contributed by atoms with Crippen LogP contribution in [0.2, 0.25) is 0 Å². The van der Waals surface area contributed by atoms with Crippen LogP contribution >= 0.6 is 0 Å². The molecule has 0 amide bonds. The van der Waals surface area contributed by atoms with Crippen molar-refractivity contribution >= 4 is 17.3 Å². The summed E-state index contributed by atoms with van der Waals surface area (Å²) in [6.07, 6.45) is 16.7. The van der Waals surface area contributed by atoms with E-state index in [4.69, 9.17) is 4.84 Å². The molecule has 5 heteroatoms. The van der Waals surface area contributed by atoms with E-state index in [1.165, 1.54) is 42.4 Å². The number of benzene rings is 1. The highest BCUT2D eigenvalue weighted by Gasteiger charge is 2.57. The highest BCUT2D eigenvalue weighted by Crippen LogP contribution is 2.66. The molecule has 6 rings (SSSR count). The Kier molecular flexibility index (Phi) is 6.83. The summed E-state index contributed by atoms with van der Waals surface area (Å²) in [5.74, 6) is 1.83. The zero-order valence-corrected chi connectivity index (χ0v) is 23.8. The van der Waals surface area contributed by atoms with E-state index < -0.39 is 6.04 Å². The molecule has 2 aromatic rings. The second kappa shape index (κ2) is 10.2. The van der Waals surface area contributed by atoms with Crippen molar-refractivity contribution in [3.05, 3.63) is 83.7 Å². The second-order valence-electron chi connectivity index (χ2n) is 12.8. The van der Waals surface area contributed by atoms with Crippen LogP contribution in [-0.2, 0) is 9.63 Å². The molecule has 0 aliphatic heterocycles. The first-order valence-corrected chi connectivity index (χ1v) is 14.6. The summed E-state index contributed by atoms with van der Waals surface area (Å²) in [5.41, 5.74) is 6.62. The molecule has 0 spiro atoms. The summed E-state index contributed by atoms with van der Waals surface area (Å²) >= 11 is 0. The Morgan fingerprint density at radius 1 is 1.03 bits per heavy atom. The van der Waals surface area contributed by atoms with E-state index in [1.807, 2.05) is 61.7 Å². The van der Waals surface area contributed by atoms with Crippen LogP contribution in [0.4, 0.5) is 0 Å². The first-order chi connectivity index (χ1) is 18.8. The molecule has 1 aromatic heterocycles. The largest absolute Gasteiger partial charge is 0.356 e. The summed E-state index contributed by atoms with van der Waals surface area (Å²) in [7, 11) is 3.79. The van der Waals surface area contributed by atoms with Crippen LogP contribution in [0.1, 0.15) is 76.0 Å². The number of allylic oxidation sites excluding steroid dienone is 4. The van der Waals surface area contributed by atoms with Crippen molar-refractivity contribution in [1.29, 1.82) is 0 Å². The van der Waals surface area contributed by atoms with Gasteiger partial charge in [-0.25, -0.2) is 4.79 Å². The van der Waals surface area contributed by atoms with Crippen LogP contribution in [0.5, 0.6) is 0 Å². The lowest BCUT2D eigenvalue weighted by molar-refractivity contribution is -0.149. The van der Waals surface area contributed by atoms with Crippen molar-refractivity contribution in [2.24, 2.45) is 33.7 Å². The van der Waals surface area contributed by atoms with Crippen LogP contribution in [0.3, 0.4) is 0 Å². The molecule has 0 bridgehead atoms. The number of carbonyl (C=O) groups is 1. The quantitative estimate of drug-likeness (QED) is 0.306. The van der Waals surface area contributed by atoms with Crippen molar-refractivity contribution in [3.63, 3.8) is 0 Å². The minimum Gasteiger partial charge on any atom is -0.316 e. The van der Waals surface area contributed by atoms with Gasteiger partial charge in [0, 0.05) is 12.4 Å². The SMILES string of the molecule is CN(C)C(C(=O)ON=C1C=C2CC[C@H]3[C@H](CC[C@]4(C)C(c5cccnc5)=CC[C@@H]34)[C@@]2(C)CC1)c1ccccc1. The van der Waals surface area contributed by atoms with Crippen molar-refractivity contribution < 1.29 is 9.63 Å². The third kappa shape index (κ3) is 4.49. The van der Waals surface area contributed by atoms with E-state index >= 15 is 0 Å². The fraction of sp³-hybridized carbons (Fsp3) is 0.500. The van der Waals surface area contributed by atoms with Gasteiger partial charge < -0.3 is 4.84 Å². The van der Waals surface area contributed by atoms with Gasteiger partial charge >= 0.3 is 5.97 Å². The summed E-state index contributed by atoms with van der Waals surface area (Å²) in [6.45, 7) is 5.02. The molecule has 6 atom stereocenters. The highest BCUT2D eigenvalue weighted by atomic mass is 16.7. The molecule has 2 fully saturated rings. The highest BCUT2D eigenvalue weighted by molar-refractivity contribution is 5.97. The van der Waals surface area contributed by atoms with Crippen LogP contribution in [0.15, 0.2) is 77.7 Å². The molecule has 2 saturated carbocycles. The smallest absolute Gasteiger partial charge is 0.316 e. The first-order valence-electron chi connectivity index (χ1n) is 14.6. The molecule has 0 saturated heterocycles. The predicted molar refractivity (Wildman–Crippen MR) is 156 cm³/mol. The number of likely N-dealkylation sites (N-methyl/N-ethyl adjacent to an activating group) is 1. The molecule has 0 N–H and O–H groups in total. The molecule has 4 aliphatic rings. The van der Waals surface area contributed by atoms with Crippen LogP contribution in [0, 0.1) is 28.6 Å². The van der Waals surface area contributed by atoms with Gasteiger partial charge in [-0.2, -0.15) is 0 Å². The topological polar surface area (TPSA) is 54.8 Å². The van der Waals surface area contributed by atoms with Gasteiger partial charge in [0.2, 0.25) is 0 Å².